The fraction of sp³-hybridized carbons (Fsp3) is 0.333. The molecule has 3 rings (SSSR count). The van der Waals surface area contributed by atoms with Crippen molar-refractivity contribution in [2.75, 3.05) is 20.8 Å². The Hall–Kier alpha value is -4.34. The summed E-state index contributed by atoms with van der Waals surface area (Å²) in [7, 11) is 2.72. The molecule has 0 radical (unpaired) electrons. The van der Waals surface area contributed by atoms with E-state index in [2.05, 4.69) is 41.9 Å². The van der Waals surface area contributed by atoms with Gasteiger partial charge in [-0.25, -0.2) is 15.0 Å². The van der Waals surface area contributed by atoms with E-state index in [1.54, 1.807) is 31.3 Å². The summed E-state index contributed by atoms with van der Waals surface area (Å²) in [6, 6.07) is 11.6. The number of amides is 3. The number of ether oxygens (including phenoxy) is 3. The topological polar surface area (TPSA) is 127 Å². The average molecular weight is 509 g/mol. The highest BCUT2D eigenvalue weighted by atomic mass is 16.5. The van der Waals surface area contributed by atoms with Gasteiger partial charge in [0.25, 0.3) is 5.91 Å². The number of esters is 1. The van der Waals surface area contributed by atoms with E-state index in [4.69, 9.17) is 14.2 Å². The minimum absolute atomic E-state index is 0.0569. The number of urea groups is 1. The fourth-order valence-electron chi connectivity index (χ4n) is 3.73. The lowest BCUT2D eigenvalue weighted by atomic mass is 9.87. The van der Waals surface area contributed by atoms with Crippen molar-refractivity contribution in [2.24, 2.45) is 5.10 Å². The van der Waals surface area contributed by atoms with E-state index in [9.17, 15) is 14.4 Å². The summed E-state index contributed by atoms with van der Waals surface area (Å²) in [5, 5.41) is 9.26. The first-order chi connectivity index (χ1) is 17.5. The van der Waals surface area contributed by atoms with Crippen molar-refractivity contribution in [2.45, 2.75) is 39.2 Å². The summed E-state index contributed by atoms with van der Waals surface area (Å²) in [4.78, 5) is 36.6. The number of rotatable bonds is 8. The Labute approximate surface area is 216 Å². The molecule has 1 aliphatic heterocycles. The number of allylic oxidation sites excluding steroid dienone is 1. The number of hydrazone groups is 1. The predicted molar refractivity (Wildman–Crippen MR) is 138 cm³/mol. The molecule has 0 saturated heterocycles. The quantitative estimate of drug-likeness (QED) is 0.285. The molecule has 0 unspecified atom stereocenters. The van der Waals surface area contributed by atoms with Crippen molar-refractivity contribution in [3.63, 3.8) is 0 Å². The van der Waals surface area contributed by atoms with E-state index in [1.807, 2.05) is 24.3 Å². The van der Waals surface area contributed by atoms with E-state index in [1.165, 1.54) is 19.8 Å². The molecule has 196 valence electrons. The summed E-state index contributed by atoms with van der Waals surface area (Å²) in [6.07, 6.45) is 1.56. The van der Waals surface area contributed by atoms with Gasteiger partial charge in [-0.1, -0.05) is 51.1 Å². The SMILES string of the molecule is COC(=O)C1=C(C)NC(=O)N[C@H]1c1ccc(OCC(=O)N/N=C\c2ccc(C(C)(C)C)cc2)c(OC)c1. The molecular weight excluding hydrogens is 476 g/mol. The zero-order chi connectivity index (χ0) is 27.2. The lowest BCUT2D eigenvalue weighted by molar-refractivity contribution is -0.136. The molecule has 0 spiro atoms. The van der Waals surface area contributed by atoms with Crippen LogP contribution in [0.1, 0.15) is 50.4 Å². The van der Waals surface area contributed by atoms with Gasteiger partial charge in [-0.3, -0.25) is 4.79 Å². The molecule has 1 heterocycles. The number of benzene rings is 2. The van der Waals surface area contributed by atoms with Gasteiger partial charge >= 0.3 is 12.0 Å². The van der Waals surface area contributed by atoms with Crippen LogP contribution in [0, 0.1) is 0 Å². The first-order valence-corrected chi connectivity index (χ1v) is 11.6. The summed E-state index contributed by atoms with van der Waals surface area (Å²) in [6.45, 7) is 7.74. The average Bonchev–Trinajstić information content (AvgIpc) is 2.86. The van der Waals surface area contributed by atoms with Crippen LogP contribution in [-0.2, 0) is 19.7 Å². The van der Waals surface area contributed by atoms with Gasteiger partial charge in [0.1, 0.15) is 0 Å². The van der Waals surface area contributed by atoms with Gasteiger partial charge in [-0.05, 0) is 41.2 Å². The second-order valence-corrected chi connectivity index (χ2v) is 9.43. The van der Waals surface area contributed by atoms with Crippen LogP contribution in [0.15, 0.2) is 58.8 Å². The molecule has 10 nitrogen and oxygen atoms in total. The standard InChI is InChI=1S/C27H32N4O6/c1-16-23(25(33)36-6)24(30-26(34)29-16)18-9-12-20(21(13-18)35-5)37-15-22(32)31-28-14-17-7-10-19(11-8-17)27(2,3)4/h7-14,24H,15H2,1-6H3,(H,31,32)(H2,29,30,34)/b28-14-/t24-/m0/s1. The number of carbonyl (C=O) groups excluding carboxylic acids is 3. The highest BCUT2D eigenvalue weighted by Gasteiger charge is 2.32. The van der Waals surface area contributed by atoms with Gasteiger partial charge < -0.3 is 24.8 Å². The van der Waals surface area contributed by atoms with Gasteiger partial charge in [0, 0.05) is 5.70 Å². The van der Waals surface area contributed by atoms with E-state index < -0.39 is 23.9 Å². The van der Waals surface area contributed by atoms with Crippen molar-refractivity contribution in [1.82, 2.24) is 16.1 Å². The highest BCUT2D eigenvalue weighted by molar-refractivity contribution is 5.95. The molecule has 1 aliphatic rings. The minimum Gasteiger partial charge on any atom is -0.493 e. The largest absolute Gasteiger partial charge is 0.493 e. The number of carbonyl (C=O) groups is 3. The summed E-state index contributed by atoms with van der Waals surface area (Å²) >= 11 is 0. The Balaban J connectivity index is 1.64. The second kappa shape index (κ2) is 11.6. The molecule has 0 fully saturated rings. The maximum absolute atomic E-state index is 12.3. The molecule has 0 aliphatic carbocycles. The monoisotopic (exact) mass is 508 g/mol. The molecule has 0 bridgehead atoms. The van der Waals surface area contributed by atoms with Crippen LogP contribution in [0.4, 0.5) is 4.79 Å². The van der Waals surface area contributed by atoms with Gasteiger partial charge in [0.05, 0.1) is 32.0 Å². The molecule has 2 aromatic carbocycles. The number of methoxy groups -OCH3 is 2. The van der Waals surface area contributed by atoms with Crippen LogP contribution >= 0.6 is 0 Å². The van der Waals surface area contributed by atoms with Crippen LogP contribution in [0.2, 0.25) is 0 Å². The molecule has 3 N–H and O–H groups in total. The van der Waals surface area contributed by atoms with Crippen LogP contribution in [0.5, 0.6) is 11.5 Å². The zero-order valence-corrected chi connectivity index (χ0v) is 21.8. The van der Waals surface area contributed by atoms with E-state index in [0.29, 0.717) is 22.8 Å². The molecule has 2 aromatic rings. The zero-order valence-electron chi connectivity index (χ0n) is 21.8. The van der Waals surface area contributed by atoms with Gasteiger partial charge in [0.2, 0.25) is 0 Å². The molecule has 37 heavy (non-hydrogen) atoms. The molecule has 0 aromatic heterocycles. The fourth-order valence-corrected chi connectivity index (χ4v) is 3.73. The molecule has 3 amide bonds. The maximum atomic E-state index is 12.3. The number of nitrogens with one attached hydrogen (secondary N) is 3. The lowest BCUT2D eigenvalue weighted by Gasteiger charge is -2.28. The van der Waals surface area contributed by atoms with Crippen molar-refractivity contribution < 1.29 is 28.6 Å². The number of hydrogen-bond donors (Lipinski definition) is 3. The van der Waals surface area contributed by atoms with E-state index in [0.717, 1.165) is 5.56 Å². The van der Waals surface area contributed by atoms with Gasteiger partial charge in [0.15, 0.2) is 18.1 Å². The van der Waals surface area contributed by atoms with Crippen molar-refractivity contribution in [3.05, 3.63) is 70.4 Å². The predicted octanol–water partition coefficient (Wildman–Crippen LogP) is 3.32. The summed E-state index contributed by atoms with van der Waals surface area (Å²) in [5.74, 6) is -0.395. The van der Waals surface area contributed by atoms with Crippen molar-refractivity contribution >= 4 is 24.1 Å². The van der Waals surface area contributed by atoms with E-state index >= 15 is 0 Å². The van der Waals surface area contributed by atoms with Crippen molar-refractivity contribution in [1.29, 1.82) is 0 Å². The third-order valence-corrected chi connectivity index (χ3v) is 5.73. The summed E-state index contributed by atoms with van der Waals surface area (Å²) in [5.41, 5.74) is 5.78. The minimum atomic E-state index is -0.751. The third kappa shape index (κ3) is 6.87. The van der Waals surface area contributed by atoms with E-state index in [-0.39, 0.29) is 17.6 Å². The second-order valence-electron chi connectivity index (χ2n) is 9.43. The van der Waals surface area contributed by atoms with Crippen molar-refractivity contribution in [3.8, 4) is 11.5 Å². The Morgan fingerprint density at radius 3 is 2.41 bits per heavy atom. The Kier molecular flexibility index (Phi) is 8.54. The van der Waals surface area contributed by atoms with Crippen LogP contribution in [0.3, 0.4) is 0 Å². The third-order valence-electron chi connectivity index (χ3n) is 5.73. The molecule has 10 heteroatoms. The van der Waals surface area contributed by atoms with Gasteiger partial charge in [-0.15, -0.1) is 0 Å². The molecule has 0 saturated carbocycles. The normalized spacial score (nSPS) is 15.6. The maximum Gasteiger partial charge on any atom is 0.337 e. The van der Waals surface area contributed by atoms with Gasteiger partial charge in [-0.2, -0.15) is 5.10 Å². The highest BCUT2D eigenvalue weighted by Crippen LogP contribution is 2.34. The first kappa shape index (κ1) is 27.3. The lowest BCUT2D eigenvalue weighted by Crippen LogP contribution is -2.45. The number of nitrogens with zero attached hydrogens (tertiary/aromatic N) is 1. The van der Waals surface area contributed by atoms with Crippen LogP contribution in [-0.4, -0.2) is 44.9 Å². The Morgan fingerprint density at radius 1 is 1.08 bits per heavy atom. The smallest absolute Gasteiger partial charge is 0.337 e. The van der Waals surface area contributed by atoms with Crippen LogP contribution < -0.4 is 25.5 Å². The number of hydrogen-bond acceptors (Lipinski definition) is 7. The molecular formula is C27H32N4O6. The molecule has 1 atom stereocenters. The Bertz CT molecular complexity index is 1230. The first-order valence-electron chi connectivity index (χ1n) is 11.6. The van der Waals surface area contributed by atoms with Crippen LogP contribution in [0.25, 0.3) is 0 Å². The Morgan fingerprint density at radius 2 is 1.78 bits per heavy atom. The summed E-state index contributed by atoms with van der Waals surface area (Å²) < 4.78 is 15.9.